The predicted molar refractivity (Wildman–Crippen MR) is 131 cm³/mol. The maximum absolute atomic E-state index is 13.5. The summed E-state index contributed by atoms with van der Waals surface area (Å²) in [5, 5.41) is 8.63. The van der Waals surface area contributed by atoms with Crippen molar-refractivity contribution in [2.75, 3.05) is 13.7 Å². The van der Waals surface area contributed by atoms with E-state index in [1.807, 2.05) is 29.8 Å². The Kier molecular flexibility index (Phi) is 6.93. The number of nitrogens with zero attached hydrogens (tertiary/aromatic N) is 2. The molecule has 1 atom stereocenters. The molecule has 0 fully saturated rings. The lowest BCUT2D eigenvalue weighted by Crippen LogP contribution is -2.40. The van der Waals surface area contributed by atoms with Crippen molar-refractivity contribution in [3.63, 3.8) is 0 Å². The van der Waals surface area contributed by atoms with Crippen LogP contribution < -0.4 is 10.1 Å². The van der Waals surface area contributed by atoms with E-state index >= 15 is 0 Å². The molecule has 1 heterocycles. The van der Waals surface area contributed by atoms with Crippen molar-refractivity contribution in [3.8, 4) is 22.7 Å². The highest BCUT2D eigenvalue weighted by Gasteiger charge is 2.18. The number of carbonyl (C=O) groups excluding carboxylic acids is 1. The van der Waals surface area contributed by atoms with Gasteiger partial charge in [-0.2, -0.15) is 5.10 Å². The number of fused-ring (bicyclic) bond motifs is 1. The molecule has 176 valence electrons. The molecule has 7 heteroatoms. The largest absolute Gasteiger partial charge is 0.471 e. The molecule has 0 aliphatic rings. The Bertz CT molecular complexity index is 1310. The van der Waals surface area contributed by atoms with Gasteiger partial charge in [0.05, 0.1) is 11.2 Å². The molecule has 0 radical (unpaired) electrons. The van der Waals surface area contributed by atoms with Crippen LogP contribution in [0.25, 0.3) is 27.8 Å². The van der Waals surface area contributed by atoms with Crippen LogP contribution in [0.15, 0.2) is 60.7 Å². The van der Waals surface area contributed by atoms with Crippen molar-refractivity contribution in [1.29, 1.82) is 0 Å². The summed E-state index contributed by atoms with van der Waals surface area (Å²) in [5.41, 5.74) is 5.72. The average Bonchev–Trinajstić information content (AvgIpc) is 3.18. The van der Waals surface area contributed by atoms with Crippen LogP contribution in [0, 0.1) is 19.7 Å². The molecule has 3 aromatic carbocycles. The molecule has 0 saturated heterocycles. The van der Waals surface area contributed by atoms with Crippen LogP contribution in [0.2, 0.25) is 0 Å². The van der Waals surface area contributed by atoms with Gasteiger partial charge in [-0.25, -0.2) is 9.07 Å². The first-order chi connectivity index (χ1) is 16.4. The number of nitrogens with one attached hydrogen (secondary N) is 1. The van der Waals surface area contributed by atoms with Crippen LogP contribution in [-0.2, 0) is 9.53 Å². The topological polar surface area (TPSA) is 65.4 Å². The van der Waals surface area contributed by atoms with Crippen molar-refractivity contribution in [1.82, 2.24) is 15.1 Å². The quantitative estimate of drug-likeness (QED) is 0.361. The zero-order chi connectivity index (χ0) is 24.2. The van der Waals surface area contributed by atoms with Gasteiger partial charge in [-0.15, -0.1) is 0 Å². The normalized spacial score (nSPS) is 12.0. The molecular formula is C27H28FN3O3. The van der Waals surface area contributed by atoms with Crippen LogP contribution in [0.5, 0.6) is 5.75 Å². The predicted octanol–water partition coefficient (Wildman–Crippen LogP) is 5.33. The Morgan fingerprint density at radius 2 is 1.85 bits per heavy atom. The summed E-state index contributed by atoms with van der Waals surface area (Å²) < 4.78 is 26.3. The number of aryl methyl sites for hydroxylation is 2. The molecule has 1 N–H and O–H groups in total. The minimum Gasteiger partial charge on any atom is -0.471 e. The highest BCUT2D eigenvalue weighted by atomic mass is 19.1. The van der Waals surface area contributed by atoms with E-state index in [9.17, 15) is 9.18 Å². The zero-order valence-electron chi connectivity index (χ0n) is 19.8. The van der Waals surface area contributed by atoms with Gasteiger partial charge < -0.3 is 14.8 Å². The summed E-state index contributed by atoms with van der Waals surface area (Å²) >= 11 is 0. The van der Waals surface area contributed by atoms with E-state index in [-0.39, 0.29) is 18.3 Å². The molecule has 0 aliphatic heterocycles. The second-order valence-corrected chi connectivity index (χ2v) is 8.25. The Morgan fingerprint density at radius 3 is 2.53 bits per heavy atom. The lowest BCUT2D eigenvalue weighted by atomic mass is 10.0. The van der Waals surface area contributed by atoms with E-state index in [0.717, 1.165) is 33.4 Å². The second kappa shape index (κ2) is 10.1. The van der Waals surface area contributed by atoms with Gasteiger partial charge in [-0.1, -0.05) is 30.7 Å². The average molecular weight is 462 g/mol. The van der Waals surface area contributed by atoms with Gasteiger partial charge >= 0.3 is 0 Å². The molecule has 0 bridgehead atoms. The summed E-state index contributed by atoms with van der Waals surface area (Å²) in [6, 6.07) is 18.2. The Hall–Kier alpha value is -3.71. The number of amides is 1. The number of hydrogen-bond acceptors (Lipinski definition) is 4. The van der Waals surface area contributed by atoms with Gasteiger partial charge in [0.2, 0.25) is 5.91 Å². The van der Waals surface area contributed by atoms with Gasteiger partial charge in [0.25, 0.3) is 0 Å². The van der Waals surface area contributed by atoms with Crippen LogP contribution >= 0.6 is 0 Å². The van der Waals surface area contributed by atoms with E-state index in [4.69, 9.17) is 14.6 Å². The van der Waals surface area contributed by atoms with E-state index in [1.54, 1.807) is 12.1 Å². The fourth-order valence-corrected chi connectivity index (χ4v) is 3.96. The molecule has 6 nitrogen and oxygen atoms in total. The highest BCUT2D eigenvalue weighted by Crippen LogP contribution is 2.34. The summed E-state index contributed by atoms with van der Waals surface area (Å²) in [6.07, 6.45) is 0.100. The summed E-state index contributed by atoms with van der Waals surface area (Å²) in [6.45, 7) is 6.02. The first kappa shape index (κ1) is 23.4. The van der Waals surface area contributed by atoms with Gasteiger partial charge in [0, 0.05) is 24.5 Å². The number of hydrogen-bond donors (Lipinski definition) is 1. The SMILES string of the molecule is CCC(NC(=O)COC)Oc1ccc2c(c1)c(-c1ccc(C)cc1C)nn2-c1ccc(F)cc1. The summed E-state index contributed by atoms with van der Waals surface area (Å²) in [5.74, 6) is 0.0730. The number of rotatable bonds is 8. The number of methoxy groups -OCH3 is 1. The molecule has 0 aliphatic carbocycles. The van der Waals surface area contributed by atoms with Crippen molar-refractivity contribution in [3.05, 3.63) is 77.6 Å². The second-order valence-electron chi connectivity index (χ2n) is 8.25. The third-order valence-corrected chi connectivity index (χ3v) is 5.61. The fraction of sp³-hybridized carbons (Fsp3) is 0.259. The van der Waals surface area contributed by atoms with E-state index in [1.165, 1.54) is 24.8 Å². The standard InChI is InChI=1S/C27H28FN3O3/c1-5-26(29-25(32)16-33-4)34-21-11-13-24-23(15-21)27(22-12-6-17(2)14-18(22)3)30-31(24)20-9-7-19(28)8-10-20/h6-15,26H,5,16H2,1-4H3,(H,29,32). The van der Waals surface area contributed by atoms with E-state index < -0.39 is 6.23 Å². The number of carbonyl (C=O) groups is 1. The molecule has 1 amide bonds. The highest BCUT2D eigenvalue weighted by molar-refractivity contribution is 5.96. The third-order valence-electron chi connectivity index (χ3n) is 5.61. The first-order valence-corrected chi connectivity index (χ1v) is 11.2. The zero-order valence-corrected chi connectivity index (χ0v) is 19.8. The van der Waals surface area contributed by atoms with Gasteiger partial charge in [-0.05, 0) is 61.9 Å². The van der Waals surface area contributed by atoms with E-state index in [2.05, 4.69) is 37.4 Å². The van der Waals surface area contributed by atoms with E-state index in [0.29, 0.717) is 12.2 Å². The van der Waals surface area contributed by atoms with Gasteiger partial charge in [-0.3, -0.25) is 4.79 Å². The molecule has 1 unspecified atom stereocenters. The monoisotopic (exact) mass is 461 g/mol. The summed E-state index contributed by atoms with van der Waals surface area (Å²) in [4.78, 5) is 11.9. The third kappa shape index (κ3) is 4.94. The Labute approximate surface area is 198 Å². The number of halogens is 1. The summed E-state index contributed by atoms with van der Waals surface area (Å²) in [7, 11) is 1.47. The molecule has 4 aromatic rings. The van der Waals surface area contributed by atoms with Crippen molar-refractivity contribution >= 4 is 16.8 Å². The smallest absolute Gasteiger partial charge is 0.248 e. The number of ether oxygens (including phenoxy) is 2. The molecule has 1 aromatic heterocycles. The van der Waals surface area contributed by atoms with Gasteiger partial charge in [0.15, 0.2) is 6.23 Å². The Morgan fingerprint density at radius 1 is 1.09 bits per heavy atom. The molecule has 4 rings (SSSR count). The first-order valence-electron chi connectivity index (χ1n) is 11.2. The maximum Gasteiger partial charge on any atom is 0.248 e. The van der Waals surface area contributed by atoms with Crippen molar-refractivity contribution in [2.45, 2.75) is 33.4 Å². The minimum atomic E-state index is -0.489. The fourth-order valence-electron chi connectivity index (χ4n) is 3.96. The molecule has 0 spiro atoms. The van der Waals surface area contributed by atoms with Crippen molar-refractivity contribution < 1.29 is 18.7 Å². The van der Waals surface area contributed by atoms with Crippen LogP contribution in [0.1, 0.15) is 24.5 Å². The van der Waals surface area contributed by atoms with Crippen LogP contribution in [0.3, 0.4) is 0 Å². The lowest BCUT2D eigenvalue weighted by Gasteiger charge is -2.19. The number of benzene rings is 3. The molecular weight excluding hydrogens is 433 g/mol. The lowest BCUT2D eigenvalue weighted by molar-refractivity contribution is -0.127. The number of aromatic nitrogens is 2. The molecule has 0 saturated carbocycles. The molecule has 34 heavy (non-hydrogen) atoms. The Balaban J connectivity index is 1.80. The van der Waals surface area contributed by atoms with Gasteiger partial charge in [0.1, 0.15) is 23.9 Å². The van der Waals surface area contributed by atoms with Crippen LogP contribution in [-0.4, -0.2) is 35.6 Å². The minimum absolute atomic E-state index is 0.0276. The maximum atomic E-state index is 13.5. The van der Waals surface area contributed by atoms with Crippen molar-refractivity contribution in [2.24, 2.45) is 0 Å². The van der Waals surface area contributed by atoms with Crippen LogP contribution in [0.4, 0.5) is 4.39 Å².